The lowest BCUT2D eigenvalue weighted by atomic mass is 10.0. The Bertz CT molecular complexity index is 530. The summed E-state index contributed by atoms with van der Waals surface area (Å²) in [4.78, 5) is 10.2. The molecule has 94 valence electrons. The SMILES string of the molecule is O[C@@]1(c2cn[nH]n2)CCN(c2ncc(Cl)cn2)C1. The van der Waals surface area contributed by atoms with Gasteiger partial charge >= 0.3 is 0 Å². The number of aromatic nitrogens is 5. The van der Waals surface area contributed by atoms with E-state index in [2.05, 4.69) is 25.4 Å². The monoisotopic (exact) mass is 266 g/mol. The Morgan fingerprint density at radius 3 is 2.78 bits per heavy atom. The number of H-pyrrole nitrogens is 1. The third-order valence-corrected chi connectivity index (χ3v) is 3.22. The molecule has 0 radical (unpaired) electrons. The lowest BCUT2D eigenvalue weighted by Gasteiger charge is -2.20. The van der Waals surface area contributed by atoms with E-state index in [1.165, 1.54) is 18.6 Å². The van der Waals surface area contributed by atoms with Gasteiger partial charge in [-0.1, -0.05) is 11.6 Å². The molecule has 18 heavy (non-hydrogen) atoms. The number of nitrogens with one attached hydrogen (secondary N) is 1. The van der Waals surface area contributed by atoms with Crippen LogP contribution in [0.1, 0.15) is 12.1 Å². The van der Waals surface area contributed by atoms with Crippen LogP contribution in [0, 0.1) is 0 Å². The summed E-state index contributed by atoms with van der Waals surface area (Å²) in [6.07, 6.45) is 5.17. The van der Waals surface area contributed by atoms with Crippen LogP contribution in [0.15, 0.2) is 18.6 Å². The van der Waals surface area contributed by atoms with Crippen molar-refractivity contribution in [3.8, 4) is 0 Å². The van der Waals surface area contributed by atoms with Crippen LogP contribution in [0.5, 0.6) is 0 Å². The third kappa shape index (κ3) is 1.91. The number of hydrogen-bond acceptors (Lipinski definition) is 6. The van der Waals surface area contributed by atoms with E-state index in [4.69, 9.17) is 11.6 Å². The zero-order chi connectivity index (χ0) is 12.6. The summed E-state index contributed by atoms with van der Waals surface area (Å²) in [5.74, 6) is 0.554. The minimum absolute atomic E-state index is 0.390. The summed E-state index contributed by atoms with van der Waals surface area (Å²) in [6.45, 7) is 1.05. The molecule has 2 aromatic heterocycles. The molecule has 3 heterocycles. The number of β-amino-alcohol motifs (C(OH)–C–C–N with tert-alkyl or cyclic N) is 1. The maximum Gasteiger partial charge on any atom is 0.225 e. The summed E-state index contributed by atoms with van der Waals surface area (Å²) in [5, 5.41) is 21.1. The van der Waals surface area contributed by atoms with E-state index in [9.17, 15) is 5.11 Å². The molecule has 0 bridgehead atoms. The van der Waals surface area contributed by atoms with Crippen LogP contribution < -0.4 is 4.90 Å². The van der Waals surface area contributed by atoms with E-state index in [-0.39, 0.29) is 0 Å². The highest BCUT2D eigenvalue weighted by atomic mass is 35.5. The number of aromatic amines is 1. The zero-order valence-corrected chi connectivity index (χ0v) is 10.2. The molecule has 1 fully saturated rings. The standard InChI is InChI=1S/C10H11ClN6O/c11-7-3-12-9(13-4-7)17-2-1-10(18,6-17)8-5-14-16-15-8/h3-5,18H,1-2,6H2,(H,14,15,16)/t10-/m0/s1. The Hall–Kier alpha value is -1.73. The fraction of sp³-hybridized carbons (Fsp3) is 0.400. The van der Waals surface area contributed by atoms with Crippen molar-refractivity contribution in [1.82, 2.24) is 25.4 Å². The second-order valence-electron chi connectivity index (χ2n) is 4.26. The Balaban J connectivity index is 1.81. The molecule has 1 aliphatic heterocycles. The summed E-state index contributed by atoms with van der Waals surface area (Å²) >= 11 is 5.74. The fourth-order valence-electron chi connectivity index (χ4n) is 2.07. The average Bonchev–Trinajstić information content (AvgIpc) is 3.00. The van der Waals surface area contributed by atoms with Crippen molar-refractivity contribution in [2.24, 2.45) is 0 Å². The van der Waals surface area contributed by atoms with E-state index in [0.29, 0.717) is 36.2 Å². The maximum atomic E-state index is 10.5. The van der Waals surface area contributed by atoms with Gasteiger partial charge in [0.05, 0.1) is 30.2 Å². The summed E-state index contributed by atoms with van der Waals surface area (Å²) in [5.41, 5.74) is -0.463. The Kier molecular flexibility index (Phi) is 2.64. The minimum atomic E-state index is -1.00. The Morgan fingerprint density at radius 1 is 1.33 bits per heavy atom. The number of aliphatic hydroxyl groups is 1. The van der Waals surface area contributed by atoms with Crippen LogP contribution in [0.25, 0.3) is 0 Å². The van der Waals surface area contributed by atoms with Crippen LogP contribution >= 0.6 is 11.6 Å². The first-order chi connectivity index (χ1) is 8.67. The van der Waals surface area contributed by atoms with E-state index in [1.807, 2.05) is 4.90 Å². The molecule has 0 saturated carbocycles. The molecule has 8 heteroatoms. The summed E-state index contributed by atoms with van der Waals surface area (Å²) in [7, 11) is 0. The smallest absolute Gasteiger partial charge is 0.225 e. The van der Waals surface area contributed by atoms with Crippen LogP contribution in [0.3, 0.4) is 0 Å². The molecule has 0 unspecified atom stereocenters. The highest BCUT2D eigenvalue weighted by Crippen LogP contribution is 2.31. The quantitative estimate of drug-likeness (QED) is 0.815. The molecule has 0 amide bonds. The first-order valence-corrected chi connectivity index (χ1v) is 5.86. The van der Waals surface area contributed by atoms with Gasteiger partial charge < -0.3 is 10.0 Å². The van der Waals surface area contributed by atoms with Gasteiger partial charge in [-0.15, -0.1) is 0 Å². The molecule has 2 N–H and O–H groups in total. The zero-order valence-electron chi connectivity index (χ0n) is 9.41. The molecule has 0 aliphatic carbocycles. The lowest BCUT2D eigenvalue weighted by molar-refractivity contribution is 0.0559. The van der Waals surface area contributed by atoms with Crippen LogP contribution in [0.4, 0.5) is 5.95 Å². The predicted octanol–water partition coefficient (Wildman–Crippen LogP) is 0.346. The number of anilines is 1. The molecule has 7 nitrogen and oxygen atoms in total. The van der Waals surface area contributed by atoms with Crippen LogP contribution in [-0.4, -0.2) is 43.6 Å². The molecule has 1 aliphatic rings. The number of nitrogens with zero attached hydrogens (tertiary/aromatic N) is 5. The van der Waals surface area contributed by atoms with E-state index in [0.717, 1.165) is 0 Å². The number of hydrogen-bond donors (Lipinski definition) is 2. The van der Waals surface area contributed by atoms with Gasteiger partial charge in [-0.3, -0.25) is 0 Å². The predicted molar refractivity (Wildman–Crippen MR) is 64.2 cm³/mol. The first-order valence-electron chi connectivity index (χ1n) is 5.48. The lowest BCUT2D eigenvalue weighted by Crippen LogP contribution is -2.31. The third-order valence-electron chi connectivity index (χ3n) is 3.03. The van der Waals surface area contributed by atoms with Crippen LogP contribution in [-0.2, 0) is 5.60 Å². The molecule has 0 spiro atoms. The van der Waals surface area contributed by atoms with Crippen molar-refractivity contribution in [3.63, 3.8) is 0 Å². The van der Waals surface area contributed by atoms with Crippen molar-refractivity contribution >= 4 is 17.5 Å². The van der Waals surface area contributed by atoms with Gasteiger partial charge in [-0.2, -0.15) is 15.4 Å². The summed E-state index contributed by atoms with van der Waals surface area (Å²) in [6, 6.07) is 0. The van der Waals surface area contributed by atoms with E-state index >= 15 is 0 Å². The van der Waals surface area contributed by atoms with Gasteiger partial charge in [-0.25, -0.2) is 9.97 Å². The van der Waals surface area contributed by atoms with E-state index in [1.54, 1.807) is 0 Å². The van der Waals surface area contributed by atoms with Gasteiger partial charge in [0.25, 0.3) is 0 Å². The molecule has 1 saturated heterocycles. The number of halogens is 1. The Labute approximate surface area is 108 Å². The van der Waals surface area contributed by atoms with Crippen molar-refractivity contribution < 1.29 is 5.11 Å². The van der Waals surface area contributed by atoms with Crippen molar-refractivity contribution in [2.45, 2.75) is 12.0 Å². The van der Waals surface area contributed by atoms with Gasteiger partial charge in [-0.05, 0) is 0 Å². The topological polar surface area (TPSA) is 90.8 Å². The van der Waals surface area contributed by atoms with Gasteiger partial charge in [0, 0.05) is 13.0 Å². The normalized spacial score (nSPS) is 23.6. The van der Waals surface area contributed by atoms with Crippen LogP contribution in [0.2, 0.25) is 5.02 Å². The molecular formula is C10H11ClN6O. The Morgan fingerprint density at radius 2 is 2.11 bits per heavy atom. The molecule has 1 atom stereocenters. The van der Waals surface area contributed by atoms with Crippen molar-refractivity contribution in [2.75, 3.05) is 18.0 Å². The van der Waals surface area contributed by atoms with Gasteiger partial charge in [0.2, 0.25) is 5.95 Å². The summed E-state index contributed by atoms with van der Waals surface area (Å²) < 4.78 is 0. The molecule has 3 rings (SSSR count). The van der Waals surface area contributed by atoms with Gasteiger partial charge in [0.15, 0.2) is 0 Å². The average molecular weight is 267 g/mol. The molecular weight excluding hydrogens is 256 g/mol. The van der Waals surface area contributed by atoms with Gasteiger partial charge in [0.1, 0.15) is 11.3 Å². The number of rotatable bonds is 2. The largest absolute Gasteiger partial charge is 0.381 e. The fourth-order valence-corrected chi connectivity index (χ4v) is 2.17. The molecule has 2 aromatic rings. The first kappa shape index (κ1) is 11.4. The highest BCUT2D eigenvalue weighted by Gasteiger charge is 2.40. The second-order valence-corrected chi connectivity index (χ2v) is 4.70. The van der Waals surface area contributed by atoms with Crippen molar-refractivity contribution in [3.05, 3.63) is 29.3 Å². The second kappa shape index (κ2) is 4.18. The minimum Gasteiger partial charge on any atom is -0.381 e. The maximum absolute atomic E-state index is 10.5. The van der Waals surface area contributed by atoms with Crippen molar-refractivity contribution in [1.29, 1.82) is 0 Å². The van der Waals surface area contributed by atoms with E-state index < -0.39 is 5.60 Å². The highest BCUT2D eigenvalue weighted by molar-refractivity contribution is 6.30. The molecule has 0 aromatic carbocycles.